The fraction of sp³-hybridized carbons (Fsp3) is 0.190. The van der Waals surface area contributed by atoms with Gasteiger partial charge in [0.05, 0.1) is 25.0 Å². The monoisotopic (exact) mass is 436 g/mol. The van der Waals surface area contributed by atoms with Crippen molar-refractivity contribution in [2.75, 3.05) is 7.11 Å². The predicted molar refractivity (Wildman–Crippen MR) is 115 cm³/mol. The molecule has 0 aliphatic rings. The number of H-pyrrole nitrogens is 1. The van der Waals surface area contributed by atoms with E-state index in [1.807, 2.05) is 42.5 Å². The van der Waals surface area contributed by atoms with E-state index >= 15 is 0 Å². The molecular formula is C21H20N6O3S. The molecule has 4 aromatic rings. The number of hydrogen-bond donors (Lipinski definition) is 2. The van der Waals surface area contributed by atoms with Crippen molar-refractivity contribution < 1.29 is 14.1 Å². The number of benzene rings is 2. The highest BCUT2D eigenvalue weighted by Crippen LogP contribution is 2.26. The quantitative estimate of drug-likeness (QED) is 0.404. The zero-order chi connectivity index (χ0) is 21.6. The average Bonchev–Trinajstić information content (AvgIpc) is 3.45. The van der Waals surface area contributed by atoms with E-state index in [1.54, 1.807) is 20.1 Å². The SMILES string of the molecule is COc1ccc(-c2n[nH]c(CNC(=O)c3ccccc3SCc3nc(C)no3)n2)cc1. The van der Waals surface area contributed by atoms with Crippen molar-refractivity contribution in [3.63, 3.8) is 0 Å². The van der Waals surface area contributed by atoms with E-state index in [-0.39, 0.29) is 12.5 Å². The molecule has 158 valence electrons. The number of thioether (sulfide) groups is 1. The van der Waals surface area contributed by atoms with E-state index in [1.165, 1.54) is 11.8 Å². The Bertz CT molecular complexity index is 1170. The Morgan fingerprint density at radius 1 is 1.16 bits per heavy atom. The number of hydrogen-bond acceptors (Lipinski definition) is 8. The molecule has 0 radical (unpaired) electrons. The summed E-state index contributed by atoms with van der Waals surface area (Å²) in [6, 6.07) is 14.8. The number of methoxy groups -OCH3 is 1. The number of aromatic nitrogens is 5. The summed E-state index contributed by atoms with van der Waals surface area (Å²) in [6.45, 7) is 1.99. The third-order valence-corrected chi connectivity index (χ3v) is 5.41. The molecule has 0 bridgehead atoms. The maximum atomic E-state index is 12.7. The number of ether oxygens (including phenoxy) is 1. The van der Waals surface area contributed by atoms with Crippen molar-refractivity contribution in [2.24, 2.45) is 0 Å². The first-order valence-corrected chi connectivity index (χ1v) is 10.5. The molecule has 2 aromatic heterocycles. The van der Waals surface area contributed by atoms with Gasteiger partial charge in [0.25, 0.3) is 5.91 Å². The Labute approximate surface area is 182 Å². The van der Waals surface area contributed by atoms with Crippen molar-refractivity contribution in [1.29, 1.82) is 0 Å². The van der Waals surface area contributed by atoms with Crippen LogP contribution in [0, 0.1) is 6.92 Å². The van der Waals surface area contributed by atoms with Gasteiger partial charge < -0.3 is 14.6 Å². The molecular weight excluding hydrogens is 416 g/mol. The number of rotatable bonds is 8. The molecule has 10 heteroatoms. The number of aryl methyl sites for hydroxylation is 1. The lowest BCUT2D eigenvalue weighted by atomic mass is 10.2. The summed E-state index contributed by atoms with van der Waals surface area (Å²) in [7, 11) is 1.62. The van der Waals surface area contributed by atoms with Gasteiger partial charge >= 0.3 is 0 Å². The van der Waals surface area contributed by atoms with E-state index in [2.05, 4.69) is 30.6 Å². The summed E-state index contributed by atoms with van der Waals surface area (Å²) >= 11 is 1.46. The normalized spacial score (nSPS) is 10.8. The molecule has 0 fully saturated rings. The van der Waals surface area contributed by atoms with Crippen LogP contribution in [0.5, 0.6) is 5.75 Å². The standard InChI is InChI=1S/C21H20N6O3S/c1-13-23-19(30-27-13)12-31-17-6-4-3-5-16(17)21(28)22-11-18-24-20(26-25-18)14-7-9-15(29-2)10-8-14/h3-10H,11-12H2,1-2H3,(H,22,28)(H,24,25,26). The lowest BCUT2D eigenvalue weighted by Crippen LogP contribution is -2.24. The van der Waals surface area contributed by atoms with Gasteiger partial charge in [-0.15, -0.1) is 11.8 Å². The number of nitrogens with one attached hydrogen (secondary N) is 2. The highest BCUT2D eigenvalue weighted by molar-refractivity contribution is 7.98. The van der Waals surface area contributed by atoms with Crippen molar-refractivity contribution in [2.45, 2.75) is 24.1 Å². The minimum atomic E-state index is -0.202. The van der Waals surface area contributed by atoms with Crippen molar-refractivity contribution in [3.05, 3.63) is 71.6 Å². The van der Waals surface area contributed by atoms with Crippen LogP contribution in [0.2, 0.25) is 0 Å². The Kier molecular flexibility index (Phi) is 6.27. The van der Waals surface area contributed by atoms with Crippen molar-refractivity contribution >= 4 is 17.7 Å². The van der Waals surface area contributed by atoms with Gasteiger partial charge in [-0.3, -0.25) is 9.89 Å². The molecule has 0 aliphatic carbocycles. The molecule has 2 aromatic carbocycles. The van der Waals surface area contributed by atoms with Crippen LogP contribution in [0.25, 0.3) is 11.4 Å². The first-order valence-electron chi connectivity index (χ1n) is 9.47. The van der Waals surface area contributed by atoms with Crippen LogP contribution in [-0.4, -0.2) is 38.3 Å². The summed E-state index contributed by atoms with van der Waals surface area (Å²) in [5.41, 5.74) is 1.42. The van der Waals surface area contributed by atoms with Crippen LogP contribution in [0.1, 0.15) is 27.9 Å². The van der Waals surface area contributed by atoms with Crippen LogP contribution >= 0.6 is 11.8 Å². The zero-order valence-corrected chi connectivity index (χ0v) is 17.8. The second-order valence-electron chi connectivity index (χ2n) is 6.54. The van der Waals surface area contributed by atoms with Gasteiger partial charge in [-0.25, -0.2) is 4.98 Å². The molecule has 2 N–H and O–H groups in total. The van der Waals surface area contributed by atoms with Crippen molar-refractivity contribution in [3.8, 4) is 17.1 Å². The molecule has 0 saturated carbocycles. The maximum Gasteiger partial charge on any atom is 0.252 e. The average molecular weight is 436 g/mol. The van der Waals surface area contributed by atoms with E-state index in [0.29, 0.717) is 34.7 Å². The number of carbonyl (C=O) groups is 1. The minimum Gasteiger partial charge on any atom is -0.497 e. The molecule has 1 amide bonds. The Hall–Kier alpha value is -3.66. The fourth-order valence-corrected chi connectivity index (χ4v) is 3.71. The predicted octanol–water partition coefficient (Wildman–Crippen LogP) is 3.39. The van der Waals surface area contributed by atoms with Crippen LogP contribution in [0.3, 0.4) is 0 Å². The molecule has 0 spiro atoms. The molecule has 0 saturated heterocycles. The number of nitrogens with zero attached hydrogens (tertiary/aromatic N) is 4. The molecule has 0 aliphatic heterocycles. The highest BCUT2D eigenvalue weighted by atomic mass is 32.2. The largest absolute Gasteiger partial charge is 0.497 e. The molecule has 31 heavy (non-hydrogen) atoms. The summed E-state index contributed by atoms with van der Waals surface area (Å²) in [5, 5.41) is 13.7. The lowest BCUT2D eigenvalue weighted by Gasteiger charge is -2.08. The molecule has 2 heterocycles. The smallest absolute Gasteiger partial charge is 0.252 e. The molecule has 0 unspecified atom stereocenters. The zero-order valence-electron chi connectivity index (χ0n) is 17.0. The second-order valence-corrected chi connectivity index (χ2v) is 7.55. The van der Waals surface area contributed by atoms with Crippen LogP contribution in [0.4, 0.5) is 0 Å². The third-order valence-electron chi connectivity index (χ3n) is 4.35. The van der Waals surface area contributed by atoms with Gasteiger partial charge in [-0.1, -0.05) is 17.3 Å². The van der Waals surface area contributed by atoms with Crippen molar-refractivity contribution in [1.82, 2.24) is 30.6 Å². The van der Waals surface area contributed by atoms with Gasteiger partial charge in [0, 0.05) is 10.5 Å². The maximum absolute atomic E-state index is 12.7. The van der Waals surface area contributed by atoms with Crippen LogP contribution in [0.15, 0.2) is 57.9 Å². The van der Waals surface area contributed by atoms with Gasteiger partial charge in [0.15, 0.2) is 11.6 Å². The van der Waals surface area contributed by atoms with Gasteiger partial charge in [-0.05, 0) is 43.3 Å². The molecule has 0 atom stereocenters. The summed E-state index contributed by atoms with van der Waals surface area (Å²) in [5.74, 6) is 3.26. The van der Waals surface area contributed by atoms with Gasteiger partial charge in [0.2, 0.25) is 5.89 Å². The van der Waals surface area contributed by atoms with E-state index < -0.39 is 0 Å². The Morgan fingerprint density at radius 3 is 2.71 bits per heavy atom. The van der Waals surface area contributed by atoms with E-state index in [4.69, 9.17) is 9.26 Å². The summed E-state index contributed by atoms with van der Waals surface area (Å²) in [4.78, 5) is 22.2. The number of aromatic amines is 1. The Balaban J connectivity index is 1.38. The fourth-order valence-electron chi connectivity index (χ4n) is 2.82. The highest BCUT2D eigenvalue weighted by Gasteiger charge is 2.14. The Morgan fingerprint density at radius 2 is 1.97 bits per heavy atom. The first-order chi connectivity index (χ1) is 15.1. The third kappa shape index (κ3) is 5.10. The molecule has 4 rings (SSSR count). The van der Waals surface area contributed by atoms with Gasteiger partial charge in [0.1, 0.15) is 11.6 Å². The minimum absolute atomic E-state index is 0.202. The topological polar surface area (TPSA) is 119 Å². The van der Waals surface area contributed by atoms with E-state index in [0.717, 1.165) is 16.2 Å². The van der Waals surface area contributed by atoms with E-state index in [9.17, 15) is 4.79 Å². The van der Waals surface area contributed by atoms with Crippen LogP contribution < -0.4 is 10.1 Å². The molecule has 9 nitrogen and oxygen atoms in total. The summed E-state index contributed by atoms with van der Waals surface area (Å²) in [6.07, 6.45) is 0. The number of carbonyl (C=O) groups excluding carboxylic acids is 1. The number of amides is 1. The van der Waals surface area contributed by atoms with Crippen LogP contribution in [-0.2, 0) is 12.3 Å². The second kappa shape index (κ2) is 9.43. The van der Waals surface area contributed by atoms with Gasteiger partial charge in [-0.2, -0.15) is 10.1 Å². The summed E-state index contributed by atoms with van der Waals surface area (Å²) < 4.78 is 10.3. The first kappa shape index (κ1) is 20.6. The lowest BCUT2D eigenvalue weighted by molar-refractivity contribution is 0.0947.